The van der Waals surface area contributed by atoms with E-state index in [1.54, 1.807) is 0 Å². The minimum Gasteiger partial charge on any atom is -0.310 e. The fourth-order valence-electron chi connectivity index (χ4n) is 10.5. The zero-order valence-electron chi connectivity index (χ0n) is 36.4. The zero-order chi connectivity index (χ0) is 43.9. The second-order valence-corrected chi connectivity index (χ2v) is 17.2. The third kappa shape index (κ3) is 6.64. The van der Waals surface area contributed by atoms with Crippen molar-refractivity contribution < 1.29 is 0 Å². The van der Waals surface area contributed by atoms with Crippen LogP contribution < -0.4 is 4.90 Å². The Hall–Kier alpha value is -8.52. The van der Waals surface area contributed by atoms with Crippen LogP contribution in [0.4, 0.5) is 17.1 Å². The molecule has 11 aromatic carbocycles. The predicted octanol–water partition coefficient (Wildman–Crippen LogP) is 17.3. The number of anilines is 3. The van der Waals surface area contributed by atoms with Gasteiger partial charge in [-0.05, 0) is 131 Å². The molecule has 0 N–H and O–H groups in total. The van der Waals surface area contributed by atoms with Crippen LogP contribution in [0.5, 0.6) is 0 Å². The van der Waals surface area contributed by atoms with E-state index in [4.69, 9.17) is 0 Å². The molecule has 0 fully saturated rings. The largest absolute Gasteiger partial charge is 0.310 e. The third-order valence-corrected chi connectivity index (χ3v) is 13.5. The average Bonchev–Trinajstić information content (AvgIpc) is 3.72. The van der Waals surface area contributed by atoms with E-state index in [2.05, 4.69) is 278 Å². The Kier molecular flexibility index (Phi) is 9.81. The average molecular weight is 840 g/mol. The molecule has 0 amide bonds. The van der Waals surface area contributed by atoms with E-state index >= 15 is 0 Å². The molecule has 0 radical (unpaired) electrons. The Morgan fingerprint density at radius 1 is 0.273 bits per heavy atom. The summed E-state index contributed by atoms with van der Waals surface area (Å²) in [4.78, 5) is 2.43. The van der Waals surface area contributed by atoms with Crippen molar-refractivity contribution in [2.24, 2.45) is 0 Å². The summed E-state index contributed by atoms with van der Waals surface area (Å²) in [5, 5.41) is 2.49. The smallest absolute Gasteiger partial charge is 0.0720 e. The van der Waals surface area contributed by atoms with Crippen molar-refractivity contribution >= 4 is 27.8 Å². The van der Waals surface area contributed by atoms with Crippen LogP contribution in [0.25, 0.3) is 66.4 Å². The summed E-state index contributed by atoms with van der Waals surface area (Å²) in [5.41, 5.74) is 19.9. The van der Waals surface area contributed by atoms with Gasteiger partial charge in [-0.15, -0.1) is 0 Å². The van der Waals surface area contributed by atoms with Crippen molar-refractivity contribution in [1.82, 2.24) is 0 Å². The van der Waals surface area contributed by atoms with Crippen LogP contribution in [0.3, 0.4) is 0 Å². The van der Waals surface area contributed by atoms with Gasteiger partial charge in [-0.2, -0.15) is 0 Å². The Morgan fingerprint density at radius 3 is 1.14 bits per heavy atom. The molecule has 0 aromatic heterocycles. The van der Waals surface area contributed by atoms with Gasteiger partial charge in [-0.3, -0.25) is 0 Å². The number of hydrogen-bond acceptors (Lipinski definition) is 1. The highest BCUT2D eigenvalue weighted by molar-refractivity contribution is 6.07. The highest BCUT2D eigenvalue weighted by Crippen LogP contribution is 2.61. The van der Waals surface area contributed by atoms with Gasteiger partial charge < -0.3 is 4.90 Å². The minimum absolute atomic E-state index is 0.633. The van der Waals surface area contributed by atoms with Gasteiger partial charge in [-0.25, -0.2) is 0 Å². The van der Waals surface area contributed by atoms with Gasteiger partial charge in [-0.1, -0.05) is 231 Å². The zero-order valence-corrected chi connectivity index (χ0v) is 36.4. The fraction of sp³-hybridized carbons (Fsp3) is 0.0154. The Balaban J connectivity index is 1.08. The second kappa shape index (κ2) is 16.6. The van der Waals surface area contributed by atoms with Gasteiger partial charge in [0.15, 0.2) is 0 Å². The van der Waals surface area contributed by atoms with Crippen LogP contribution in [0, 0.1) is 0 Å². The van der Waals surface area contributed by atoms with Crippen LogP contribution in [0.15, 0.2) is 273 Å². The maximum Gasteiger partial charge on any atom is 0.0720 e. The van der Waals surface area contributed by atoms with Crippen molar-refractivity contribution in [1.29, 1.82) is 0 Å². The first kappa shape index (κ1) is 39.1. The molecule has 1 nitrogen and oxygen atoms in total. The molecular weight excluding hydrogens is 795 g/mol. The van der Waals surface area contributed by atoms with Crippen molar-refractivity contribution in [2.45, 2.75) is 5.41 Å². The third-order valence-electron chi connectivity index (χ3n) is 13.5. The maximum atomic E-state index is 2.49. The Labute approximate surface area is 387 Å². The summed E-state index contributed by atoms with van der Waals surface area (Å²) in [6.45, 7) is 0. The normalized spacial score (nSPS) is 12.4. The minimum atomic E-state index is -0.633. The summed E-state index contributed by atoms with van der Waals surface area (Å²) in [6.07, 6.45) is 0. The SMILES string of the molecule is c1ccc(-c2ccc(-c3ccc(N(c4ccc(-c5ccccc5)cc4)c4ccc5c(c4)C(c4ccccc4)(c4ccccc4)c4c-5c(-c5ccccc5)cc5ccccc45)cc3)cc2)cc1. The van der Waals surface area contributed by atoms with E-state index in [-0.39, 0.29) is 0 Å². The topological polar surface area (TPSA) is 3.24 Å². The van der Waals surface area contributed by atoms with Gasteiger partial charge in [0.2, 0.25) is 0 Å². The highest BCUT2D eigenvalue weighted by Gasteiger charge is 2.48. The van der Waals surface area contributed by atoms with Crippen LogP contribution >= 0.6 is 0 Å². The highest BCUT2D eigenvalue weighted by atomic mass is 15.1. The number of hydrogen-bond donors (Lipinski definition) is 0. The van der Waals surface area contributed by atoms with Crippen molar-refractivity contribution in [3.8, 4) is 55.6 Å². The molecule has 12 rings (SSSR count). The molecule has 0 aliphatic heterocycles. The predicted molar refractivity (Wildman–Crippen MR) is 278 cm³/mol. The molecule has 0 atom stereocenters. The molecule has 0 heterocycles. The first-order valence-electron chi connectivity index (χ1n) is 22.8. The standard InChI is InChI=1S/C65H45N/c1-6-18-46(19-7-1)48-30-32-49(33-31-48)51-36-40-57(41-37-51)66(56-38-34-50(35-39-56)47-20-8-2-9-21-47)58-42-43-60-62(45-58)65(54-25-12-4-13-26-54,55-27-14-5-15-28-55)64-59-29-17-16-24-53(59)44-61(63(60)64)52-22-10-3-11-23-52/h1-45H. The lowest BCUT2D eigenvalue weighted by Gasteiger charge is -2.35. The van der Waals surface area contributed by atoms with Crippen LogP contribution in [0.2, 0.25) is 0 Å². The van der Waals surface area contributed by atoms with Crippen LogP contribution in [-0.4, -0.2) is 0 Å². The first-order chi connectivity index (χ1) is 32.7. The number of fused-ring (bicyclic) bond motifs is 5. The lowest BCUT2D eigenvalue weighted by molar-refractivity contribution is 0.775. The van der Waals surface area contributed by atoms with E-state index in [1.807, 2.05) is 0 Å². The number of nitrogens with zero attached hydrogens (tertiary/aromatic N) is 1. The summed E-state index contributed by atoms with van der Waals surface area (Å²) in [6, 6.07) is 100. The molecule has 1 heteroatoms. The lowest BCUT2D eigenvalue weighted by Crippen LogP contribution is -2.29. The molecule has 0 saturated carbocycles. The summed E-state index contributed by atoms with van der Waals surface area (Å²) in [5.74, 6) is 0. The molecule has 1 aliphatic carbocycles. The fourth-order valence-corrected chi connectivity index (χ4v) is 10.5. The number of benzene rings is 11. The van der Waals surface area contributed by atoms with Gasteiger partial charge >= 0.3 is 0 Å². The van der Waals surface area contributed by atoms with Gasteiger partial charge in [0, 0.05) is 17.1 Å². The quantitative estimate of drug-likeness (QED) is 0.140. The molecule has 1 aliphatic rings. The molecule has 11 aromatic rings. The van der Waals surface area contributed by atoms with Crippen molar-refractivity contribution in [3.05, 3.63) is 295 Å². The number of rotatable bonds is 9. The van der Waals surface area contributed by atoms with Crippen LogP contribution in [-0.2, 0) is 5.41 Å². The maximum absolute atomic E-state index is 2.49. The summed E-state index contributed by atoms with van der Waals surface area (Å²) in [7, 11) is 0. The molecular formula is C65H45N. The van der Waals surface area contributed by atoms with Crippen LogP contribution in [0.1, 0.15) is 22.3 Å². The molecule has 310 valence electrons. The van der Waals surface area contributed by atoms with Crippen molar-refractivity contribution in [3.63, 3.8) is 0 Å². The van der Waals surface area contributed by atoms with E-state index < -0.39 is 5.41 Å². The Bertz CT molecular complexity index is 3410. The first-order valence-corrected chi connectivity index (χ1v) is 22.8. The van der Waals surface area contributed by atoms with Gasteiger partial charge in [0.25, 0.3) is 0 Å². The van der Waals surface area contributed by atoms with E-state index in [9.17, 15) is 0 Å². The monoisotopic (exact) mass is 839 g/mol. The van der Waals surface area contributed by atoms with Crippen molar-refractivity contribution in [2.75, 3.05) is 4.90 Å². The second-order valence-electron chi connectivity index (χ2n) is 17.2. The summed E-state index contributed by atoms with van der Waals surface area (Å²) < 4.78 is 0. The van der Waals surface area contributed by atoms with E-state index in [0.717, 1.165) is 17.1 Å². The van der Waals surface area contributed by atoms with Gasteiger partial charge in [0.05, 0.1) is 5.41 Å². The molecule has 0 saturated heterocycles. The van der Waals surface area contributed by atoms with E-state index in [1.165, 1.54) is 88.7 Å². The summed E-state index contributed by atoms with van der Waals surface area (Å²) >= 11 is 0. The Morgan fingerprint density at radius 2 is 0.652 bits per heavy atom. The molecule has 66 heavy (non-hydrogen) atoms. The van der Waals surface area contributed by atoms with E-state index in [0.29, 0.717) is 0 Å². The molecule has 0 spiro atoms. The lowest BCUT2D eigenvalue weighted by atomic mass is 9.66. The molecule has 0 unspecified atom stereocenters. The molecule has 0 bridgehead atoms. The van der Waals surface area contributed by atoms with Gasteiger partial charge in [0.1, 0.15) is 0 Å².